The van der Waals surface area contributed by atoms with Gasteiger partial charge in [0.1, 0.15) is 0 Å². The second kappa shape index (κ2) is 6.58. The molecule has 1 aliphatic rings. The zero-order valence-corrected chi connectivity index (χ0v) is 14.2. The quantitative estimate of drug-likeness (QED) is 0.624. The molecule has 1 heterocycles. The largest absolute Gasteiger partial charge is 0.364 e. The van der Waals surface area contributed by atoms with Crippen LogP contribution in [0.25, 0.3) is 0 Å². The lowest BCUT2D eigenvalue weighted by atomic mass is 10.1. The normalized spacial score (nSPS) is 13.7. The van der Waals surface area contributed by atoms with Crippen molar-refractivity contribution in [3.63, 3.8) is 0 Å². The molecule has 3 aromatic rings. The highest BCUT2D eigenvalue weighted by atomic mass is 35.5. The van der Waals surface area contributed by atoms with Gasteiger partial charge in [-0.05, 0) is 42.0 Å². The maximum atomic E-state index is 6.04. The molecule has 3 heteroatoms. The molecule has 0 saturated carbocycles. The summed E-state index contributed by atoms with van der Waals surface area (Å²) in [6, 6.07) is 27.4. The van der Waals surface area contributed by atoms with Crippen LogP contribution >= 0.6 is 11.6 Å². The Morgan fingerprint density at radius 3 is 2.12 bits per heavy atom. The predicted octanol–water partition coefficient (Wildman–Crippen LogP) is 5.50. The fourth-order valence-corrected chi connectivity index (χ4v) is 3.40. The van der Waals surface area contributed by atoms with Crippen LogP contribution in [-0.4, -0.2) is 13.1 Å². The summed E-state index contributed by atoms with van der Waals surface area (Å²) in [6.07, 6.45) is 0. The Bertz CT molecular complexity index is 815. The molecule has 24 heavy (non-hydrogen) atoms. The van der Waals surface area contributed by atoms with Gasteiger partial charge in [-0.15, -0.1) is 0 Å². The average Bonchev–Trinajstić information content (AvgIpc) is 2.64. The Morgan fingerprint density at radius 2 is 1.38 bits per heavy atom. The number of benzene rings is 3. The standard InChI is InChI=1S/C21H19ClN2/c22-18-10-12-19(13-11-18)24-15-14-23(16-17-6-2-1-3-7-17)20-8-4-5-9-21(20)24/h1-13H,14-16H2. The average molecular weight is 335 g/mol. The monoisotopic (exact) mass is 334 g/mol. The lowest BCUT2D eigenvalue weighted by Gasteiger charge is -2.39. The van der Waals surface area contributed by atoms with Gasteiger partial charge in [0.05, 0.1) is 11.4 Å². The molecule has 0 bridgehead atoms. The van der Waals surface area contributed by atoms with E-state index in [0.717, 1.165) is 24.7 Å². The number of hydrogen-bond donors (Lipinski definition) is 0. The van der Waals surface area contributed by atoms with Crippen molar-refractivity contribution in [2.24, 2.45) is 0 Å². The zero-order chi connectivity index (χ0) is 16.4. The topological polar surface area (TPSA) is 6.48 Å². The van der Waals surface area contributed by atoms with E-state index in [0.29, 0.717) is 0 Å². The molecule has 0 N–H and O–H groups in total. The molecule has 0 unspecified atom stereocenters. The van der Waals surface area contributed by atoms with Crippen molar-refractivity contribution in [1.82, 2.24) is 0 Å². The van der Waals surface area contributed by atoms with E-state index >= 15 is 0 Å². The highest BCUT2D eigenvalue weighted by Crippen LogP contribution is 2.38. The number of nitrogens with zero attached hydrogens (tertiary/aromatic N) is 2. The SMILES string of the molecule is Clc1ccc(N2CCN(Cc3ccccc3)c3ccccc32)cc1. The Hall–Kier alpha value is -2.45. The van der Waals surface area contributed by atoms with E-state index in [1.165, 1.54) is 22.6 Å². The number of anilines is 3. The summed E-state index contributed by atoms with van der Waals surface area (Å²) in [5.74, 6) is 0. The smallest absolute Gasteiger partial charge is 0.0649 e. The molecular formula is C21H19ClN2. The first-order valence-corrected chi connectivity index (χ1v) is 8.60. The second-order valence-corrected chi connectivity index (χ2v) is 6.46. The fourth-order valence-electron chi connectivity index (χ4n) is 3.28. The van der Waals surface area contributed by atoms with Gasteiger partial charge in [0, 0.05) is 30.3 Å². The van der Waals surface area contributed by atoms with Gasteiger partial charge in [-0.1, -0.05) is 54.1 Å². The molecule has 0 aromatic heterocycles. The van der Waals surface area contributed by atoms with Gasteiger partial charge in [-0.25, -0.2) is 0 Å². The summed E-state index contributed by atoms with van der Waals surface area (Å²) < 4.78 is 0. The first-order chi connectivity index (χ1) is 11.8. The van der Waals surface area contributed by atoms with Crippen LogP contribution in [0, 0.1) is 0 Å². The Morgan fingerprint density at radius 1 is 0.708 bits per heavy atom. The highest BCUT2D eigenvalue weighted by molar-refractivity contribution is 6.30. The predicted molar refractivity (Wildman–Crippen MR) is 102 cm³/mol. The molecule has 0 aliphatic carbocycles. The van der Waals surface area contributed by atoms with Crippen LogP contribution in [0.3, 0.4) is 0 Å². The first-order valence-electron chi connectivity index (χ1n) is 8.22. The van der Waals surface area contributed by atoms with Gasteiger partial charge in [0.2, 0.25) is 0 Å². The molecule has 2 nitrogen and oxygen atoms in total. The van der Waals surface area contributed by atoms with E-state index in [1.807, 2.05) is 12.1 Å². The molecule has 120 valence electrons. The van der Waals surface area contributed by atoms with Gasteiger partial charge in [-0.3, -0.25) is 0 Å². The summed E-state index contributed by atoms with van der Waals surface area (Å²) in [4.78, 5) is 4.82. The molecule has 0 spiro atoms. The summed E-state index contributed by atoms with van der Waals surface area (Å²) in [7, 11) is 0. The van der Waals surface area contributed by atoms with Crippen molar-refractivity contribution in [2.45, 2.75) is 6.54 Å². The summed E-state index contributed by atoms with van der Waals surface area (Å²) in [6.45, 7) is 2.90. The lowest BCUT2D eigenvalue weighted by Crippen LogP contribution is -2.38. The third kappa shape index (κ3) is 2.98. The summed E-state index contributed by atoms with van der Waals surface area (Å²) in [5, 5.41) is 0.773. The van der Waals surface area contributed by atoms with Crippen molar-refractivity contribution in [2.75, 3.05) is 22.9 Å². The van der Waals surface area contributed by atoms with Crippen LogP contribution < -0.4 is 9.80 Å². The van der Waals surface area contributed by atoms with Crippen LogP contribution in [0.2, 0.25) is 5.02 Å². The second-order valence-electron chi connectivity index (χ2n) is 6.02. The van der Waals surface area contributed by atoms with Crippen LogP contribution in [0.15, 0.2) is 78.9 Å². The van der Waals surface area contributed by atoms with Gasteiger partial charge < -0.3 is 9.80 Å². The minimum atomic E-state index is 0.773. The van der Waals surface area contributed by atoms with E-state index in [2.05, 4.69) is 76.5 Å². The molecule has 1 aliphatic heterocycles. The zero-order valence-electron chi connectivity index (χ0n) is 13.4. The van der Waals surface area contributed by atoms with Crippen molar-refractivity contribution in [1.29, 1.82) is 0 Å². The number of rotatable bonds is 3. The fraction of sp³-hybridized carbons (Fsp3) is 0.143. The number of hydrogen-bond acceptors (Lipinski definition) is 2. The molecule has 4 rings (SSSR count). The van der Waals surface area contributed by atoms with Crippen LogP contribution in [0.5, 0.6) is 0 Å². The number of para-hydroxylation sites is 2. The maximum Gasteiger partial charge on any atom is 0.0649 e. The third-order valence-corrected chi connectivity index (χ3v) is 4.71. The lowest BCUT2D eigenvalue weighted by molar-refractivity contribution is 0.750. The van der Waals surface area contributed by atoms with E-state index in [4.69, 9.17) is 11.6 Å². The summed E-state index contributed by atoms with van der Waals surface area (Å²) in [5.41, 5.74) is 5.06. The Balaban J connectivity index is 1.66. The van der Waals surface area contributed by atoms with Crippen molar-refractivity contribution >= 4 is 28.7 Å². The van der Waals surface area contributed by atoms with Crippen molar-refractivity contribution < 1.29 is 0 Å². The molecule has 0 atom stereocenters. The van der Waals surface area contributed by atoms with Crippen molar-refractivity contribution in [3.05, 3.63) is 89.4 Å². The Labute approximate surface area is 147 Å². The number of halogens is 1. The van der Waals surface area contributed by atoms with Gasteiger partial charge in [0.15, 0.2) is 0 Å². The summed E-state index contributed by atoms with van der Waals surface area (Å²) >= 11 is 6.04. The van der Waals surface area contributed by atoms with Crippen molar-refractivity contribution in [3.8, 4) is 0 Å². The minimum Gasteiger partial charge on any atom is -0.364 e. The van der Waals surface area contributed by atoms with E-state index in [1.54, 1.807) is 0 Å². The van der Waals surface area contributed by atoms with Gasteiger partial charge in [0.25, 0.3) is 0 Å². The maximum absolute atomic E-state index is 6.04. The van der Waals surface area contributed by atoms with E-state index in [-0.39, 0.29) is 0 Å². The van der Waals surface area contributed by atoms with Crippen LogP contribution in [-0.2, 0) is 6.54 Å². The third-order valence-electron chi connectivity index (χ3n) is 4.46. The van der Waals surface area contributed by atoms with Gasteiger partial charge in [-0.2, -0.15) is 0 Å². The Kier molecular flexibility index (Phi) is 4.14. The molecule has 0 radical (unpaired) electrons. The van der Waals surface area contributed by atoms with Crippen LogP contribution in [0.1, 0.15) is 5.56 Å². The molecule has 3 aromatic carbocycles. The molecule has 0 fully saturated rings. The highest BCUT2D eigenvalue weighted by Gasteiger charge is 2.23. The minimum absolute atomic E-state index is 0.773. The van der Waals surface area contributed by atoms with E-state index < -0.39 is 0 Å². The van der Waals surface area contributed by atoms with Crippen LogP contribution in [0.4, 0.5) is 17.1 Å². The number of fused-ring (bicyclic) bond motifs is 1. The van der Waals surface area contributed by atoms with E-state index in [9.17, 15) is 0 Å². The van der Waals surface area contributed by atoms with Gasteiger partial charge >= 0.3 is 0 Å². The molecular weight excluding hydrogens is 316 g/mol. The first kappa shape index (κ1) is 15.1. The molecule has 0 amide bonds. The molecule has 0 saturated heterocycles.